The van der Waals surface area contributed by atoms with E-state index < -0.39 is 9.28 Å². The molecule has 0 saturated carbocycles. The first-order valence-electron chi connectivity index (χ1n) is 2.30. The Bertz CT molecular complexity index is 81.7. The summed E-state index contributed by atoms with van der Waals surface area (Å²) in [6.45, 7) is 0. The van der Waals surface area contributed by atoms with Crippen LogP contribution in [0.25, 0.3) is 0 Å². The Labute approximate surface area is 67.7 Å². The zero-order valence-corrected chi connectivity index (χ0v) is 8.79. The van der Waals surface area contributed by atoms with Crippen molar-refractivity contribution in [2.24, 2.45) is 0 Å². The van der Waals surface area contributed by atoms with E-state index in [1.807, 2.05) is 0 Å². The normalized spacial score (nSPS) is 23.7. The van der Waals surface area contributed by atoms with E-state index in [1.54, 1.807) is 0 Å². The van der Waals surface area contributed by atoms with Gasteiger partial charge in [0.15, 0.2) is 0 Å². The van der Waals surface area contributed by atoms with E-state index >= 15 is 0 Å². The lowest BCUT2D eigenvalue weighted by atomic mass is 11.7. The molecule has 1 aliphatic rings. The van der Waals surface area contributed by atoms with Gasteiger partial charge >= 0.3 is 39.3 Å². The topological polar surface area (TPSA) is 57.2 Å². The lowest BCUT2D eigenvalue weighted by molar-refractivity contribution is 0.274. The third-order valence-corrected chi connectivity index (χ3v) is 4.69. The molecular formula is CH3O5Si4. The van der Waals surface area contributed by atoms with Crippen LogP contribution in [0, 0.1) is 0 Å². The van der Waals surface area contributed by atoms with Crippen molar-refractivity contribution < 1.29 is 21.6 Å². The van der Waals surface area contributed by atoms with Crippen molar-refractivity contribution in [1.82, 2.24) is 0 Å². The van der Waals surface area contributed by atoms with Crippen LogP contribution in [0.5, 0.6) is 0 Å². The van der Waals surface area contributed by atoms with E-state index in [4.69, 9.17) is 21.6 Å². The van der Waals surface area contributed by atoms with Gasteiger partial charge in [-0.3, -0.25) is 0 Å². The third-order valence-electron chi connectivity index (χ3n) is 0.607. The Balaban J connectivity index is 2.16. The first-order chi connectivity index (χ1) is 4.93. The molecule has 1 fully saturated rings. The van der Waals surface area contributed by atoms with Crippen molar-refractivity contribution in [3.63, 3.8) is 0 Å². The van der Waals surface area contributed by atoms with Gasteiger partial charge in [-0.25, -0.2) is 0 Å². The molecule has 0 bridgehead atoms. The second kappa shape index (κ2) is 5.34. The van der Waals surface area contributed by atoms with E-state index in [0.29, 0.717) is 0 Å². The second-order valence-corrected chi connectivity index (χ2v) is 6.01. The smallest absolute Gasteiger partial charge is 0.412 e. The summed E-state index contributed by atoms with van der Waals surface area (Å²) in [4.78, 5) is 0. The number of rotatable bonds is 1. The lowest BCUT2D eigenvalue weighted by Gasteiger charge is -2.13. The summed E-state index contributed by atoms with van der Waals surface area (Å²) >= 11 is 0. The maximum Gasteiger partial charge on any atom is 0.412 e. The largest absolute Gasteiger partial charge is 0.412 e. The van der Waals surface area contributed by atoms with Crippen LogP contribution in [0.1, 0.15) is 0 Å². The van der Waals surface area contributed by atoms with Crippen LogP contribution in [0.4, 0.5) is 0 Å². The zero-order chi connectivity index (χ0) is 7.23. The van der Waals surface area contributed by atoms with Gasteiger partial charge in [0, 0.05) is 0 Å². The average molecular weight is 207 g/mol. The van der Waals surface area contributed by atoms with Crippen molar-refractivity contribution in [3.8, 4) is 0 Å². The molecule has 0 aromatic heterocycles. The van der Waals surface area contributed by atoms with Crippen LogP contribution in [0.3, 0.4) is 0 Å². The minimum absolute atomic E-state index is 0.00923. The van der Waals surface area contributed by atoms with Gasteiger partial charge in [0.2, 0.25) is 0 Å². The van der Waals surface area contributed by atoms with Crippen LogP contribution in [0.2, 0.25) is 0 Å². The number of aliphatic hydroxyl groups excluding tert-OH is 1. The lowest BCUT2D eigenvalue weighted by Crippen LogP contribution is -2.36. The molecule has 0 spiro atoms. The molecule has 0 amide bonds. The quantitative estimate of drug-likeness (QED) is 0.490. The molecule has 7 radical (unpaired) electrons. The fraction of sp³-hybridized carbons (Fsp3) is 1.00. The molecule has 0 unspecified atom stereocenters. The first kappa shape index (κ1) is 8.76. The summed E-state index contributed by atoms with van der Waals surface area (Å²) in [6, 6.07) is 0. The van der Waals surface area contributed by atoms with Crippen LogP contribution in [-0.2, 0) is 16.5 Å². The van der Waals surface area contributed by atoms with Crippen LogP contribution in [-0.4, -0.2) is 50.6 Å². The summed E-state index contributed by atoms with van der Waals surface area (Å²) in [6.07, 6.45) is -0.0690. The monoisotopic (exact) mass is 207 g/mol. The van der Waals surface area contributed by atoms with Crippen molar-refractivity contribution in [2.45, 2.75) is 0 Å². The standard InChI is InChI=1S/CH3O5Si4/c2-1-10-5-8-3-7-4-9-6-10/h2H,1H2. The van der Waals surface area contributed by atoms with Crippen LogP contribution in [0.15, 0.2) is 0 Å². The molecule has 0 aliphatic carbocycles. The maximum atomic E-state index is 8.60. The minimum Gasteiger partial charge on any atom is -0.412 e. The Morgan fingerprint density at radius 3 is 2.20 bits per heavy atom. The Morgan fingerprint density at radius 2 is 1.70 bits per heavy atom. The Morgan fingerprint density at radius 1 is 1.10 bits per heavy atom. The highest BCUT2D eigenvalue weighted by molar-refractivity contribution is 6.59. The number of hydrogen-bond acceptors (Lipinski definition) is 5. The van der Waals surface area contributed by atoms with Gasteiger partial charge in [0.05, 0.1) is 6.23 Å². The molecule has 5 nitrogen and oxygen atoms in total. The minimum atomic E-state index is -1.51. The van der Waals surface area contributed by atoms with Crippen molar-refractivity contribution >= 4 is 39.3 Å². The molecule has 53 valence electrons. The molecule has 1 saturated heterocycles. The highest BCUT2D eigenvalue weighted by Crippen LogP contribution is 1.89. The van der Waals surface area contributed by atoms with E-state index in [-0.39, 0.29) is 36.3 Å². The van der Waals surface area contributed by atoms with E-state index in [2.05, 4.69) is 0 Å². The average Bonchev–Trinajstić information content (AvgIpc) is 1.87. The van der Waals surface area contributed by atoms with Crippen LogP contribution >= 0.6 is 0 Å². The van der Waals surface area contributed by atoms with Crippen LogP contribution < -0.4 is 0 Å². The zero-order valence-electron chi connectivity index (χ0n) is 4.79. The Hall–Kier alpha value is 0.668. The molecule has 1 heterocycles. The molecule has 1 rings (SSSR count). The molecular weight excluding hydrogens is 204 g/mol. The molecule has 0 atom stereocenters. The first-order valence-corrected chi connectivity index (χ1v) is 6.28. The fourth-order valence-electron chi connectivity index (χ4n) is 0.275. The summed E-state index contributed by atoms with van der Waals surface area (Å²) < 4.78 is 19.7. The van der Waals surface area contributed by atoms with Crippen molar-refractivity contribution in [2.75, 3.05) is 6.23 Å². The summed E-state index contributed by atoms with van der Waals surface area (Å²) in [7, 11) is -1.66. The maximum absolute atomic E-state index is 8.60. The summed E-state index contributed by atoms with van der Waals surface area (Å²) in [5.41, 5.74) is 0. The highest BCUT2D eigenvalue weighted by atomic mass is 28.4. The summed E-state index contributed by atoms with van der Waals surface area (Å²) in [5.74, 6) is 0. The SMILES string of the molecule is OC[Si]1O[Si]O[Si]O[Si]O1. The van der Waals surface area contributed by atoms with Gasteiger partial charge in [-0.2, -0.15) is 0 Å². The van der Waals surface area contributed by atoms with E-state index in [0.717, 1.165) is 0 Å². The Kier molecular flexibility index (Phi) is 4.67. The van der Waals surface area contributed by atoms with E-state index in [1.165, 1.54) is 0 Å². The van der Waals surface area contributed by atoms with Gasteiger partial charge in [0.25, 0.3) is 0 Å². The van der Waals surface area contributed by atoms with Gasteiger partial charge in [0.1, 0.15) is 0 Å². The van der Waals surface area contributed by atoms with Crippen molar-refractivity contribution in [1.29, 1.82) is 0 Å². The molecule has 0 aromatic rings. The number of aliphatic hydroxyl groups is 1. The second-order valence-electron chi connectivity index (χ2n) is 1.19. The van der Waals surface area contributed by atoms with Gasteiger partial charge in [-0.15, -0.1) is 0 Å². The van der Waals surface area contributed by atoms with Gasteiger partial charge < -0.3 is 21.6 Å². The molecule has 1 N–H and O–H groups in total. The highest BCUT2D eigenvalue weighted by Gasteiger charge is 2.19. The summed E-state index contributed by atoms with van der Waals surface area (Å²) in [5, 5.41) is 8.60. The molecule has 1 aliphatic heterocycles. The van der Waals surface area contributed by atoms with E-state index in [9.17, 15) is 0 Å². The van der Waals surface area contributed by atoms with Gasteiger partial charge in [-0.1, -0.05) is 0 Å². The molecule has 0 aromatic carbocycles. The molecule has 9 heteroatoms. The predicted octanol–water partition coefficient (Wildman–Crippen LogP) is -2.31. The molecule has 10 heavy (non-hydrogen) atoms. The third kappa shape index (κ3) is 3.18. The predicted molar refractivity (Wildman–Crippen MR) is 34.4 cm³/mol. The van der Waals surface area contributed by atoms with Gasteiger partial charge in [-0.05, 0) is 0 Å². The number of hydrogen-bond donors (Lipinski definition) is 1. The van der Waals surface area contributed by atoms with Crippen molar-refractivity contribution in [3.05, 3.63) is 0 Å². The fourth-order valence-corrected chi connectivity index (χ4v) is 3.97.